The summed E-state index contributed by atoms with van der Waals surface area (Å²) in [5.41, 5.74) is 14.1. The molecule has 0 saturated heterocycles. The molecule has 0 radical (unpaired) electrons. The van der Waals surface area contributed by atoms with Gasteiger partial charge in [0.1, 0.15) is 5.69 Å². The number of anilines is 1. The van der Waals surface area contributed by atoms with Gasteiger partial charge in [-0.15, -0.1) is 0 Å². The first-order chi connectivity index (χ1) is 17.0. The number of hydrogen-bond donors (Lipinski definition) is 2. The smallest absolute Gasteiger partial charge is 0.283 e. The Bertz CT molecular complexity index is 1550. The van der Waals surface area contributed by atoms with Gasteiger partial charge in [-0.25, -0.2) is 13.1 Å². The standard InChI is InChI=1S/C28H30N4O3S.H2/c1-17-12-20(4)24(21(5)13-17)16-32-26(15-25(30-32)27-18(2)8-6-9-19(27)3)28(33)31-36(34,35)23-11-7-10-22(29)14-23;/h6-15H,16,29H2,1-5H3,(H,31,33);1H. The second-order valence-electron chi connectivity index (χ2n) is 9.22. The van der Waals surface area contributed by atoms with Crippen LogP contribution in [0.3, 0.4) is 0 Å². The van der Waals surface area contributed by atoms with Crippen molar-refractivity contribution in [3.63, 3.8) is 0 Å². The van der Waals surface area contributed by atoms with Crippen LogP contribution in [0, 0.1) is 34.6 Å². The van der Waals surface area contributed by atoms with Crippen molar-refractivity contribution in [3.8, 4) is 11.3 Å². The van der Waals surface area contributed by atoms with Gasteiger partial charge in [0.15, 0.2) is 0 Å². The summed E-state index contributed by atoms with van der Waals surface area (Å²) in [7, 11) is -4.13. The monoisotopic (exact) mass is 504 g/mol. The first-order valence-corrected chi connectivity index (χ1v) is 13.1. The Kier molecular flexibility index (Phi) is 6.73. The van der Waals surface area contributed by atoms with E-state index >= 15 is 0 Å². The molecule has 0 aliphatic rings. The lowest BCUT2D eigenvalue weighted by atomic mass is 10.00. The Morgan fingerprint density at radius 1 is 0.917 bits per heavy atom. The summed E-state index contributed by atoms with van der Waals surface area (Å²) in [6.07, 6.45) is 0. The van der Waals surface area contributed by atoms with Gasteiger partial charge in [0.25, 0.3) is 15.9 Å². The predicted octanol–water partition coefficient (Wildman–Crippen LogP) is 5.09. The number of aromatic nitrogens is 2. The molecular weight excluding hydrogens is 472 g/mol. The number of nitrogens with two attached hydrogens (primary N) is 1. The van der Waals surface area contributed by atoms with Crippen molar-refractivity contribution in [2.24, 2.45) is 0 Å². The average Bonchev–Trinajstić information content (AvgIpc) is 3.19. The lowest BCUT2D eigenvalue weighted by Crippen LogP contribution is -2.32. The van der Waals surface area contributed by atoms with E-state index in [9.17, 15) is 13.2 Å². The number of nitrogens with zero attached hydrogens (tertiary/aromatic N) is 2. The fourth-order valence-electron chi connectivity index (χ4n) is 4.58. The van der Waals surface area contributed by atoms with Gasteiger partial charge in [-0.1, -0.05) is 42.0 Å². The van der Waals surface area contributed by atoms with E-state index in [0.717, 1.165) is 38.9 Å². The molecule has 0 aliphatic carbocycles. The molecule has 1 aromatic heterocycles. The van der Waals surface area contributed by atoms with Crippen LogP contribution in [0.5, 0.6) is 0 Å². The highest BCUT2D eigenvalue weighted by molar-refractivity contribution is 7.90. The molecule has 0 aliphatic heterocycles. The van der Waals surface area contributed by atoms with E-state index in [1.165, 1.54) is 18.2 Å². The van der Waals surface area contributed by atoms with Gasteiger partial charge in [-0.05, 0) is 86.7 Å². The van der Waals surface area contributed by atoms with Gasteiger partial charge in [0.2, 0.25) is 0 Å². The number of carbonyl (C=O) groups is 1. The number of aryl methyl sites for hydroxylation is 5. The van der Waals surface area contributed by atoms with Gasteiger partial charge >= 0.3 is 0 Å². The quantitative estimate of drug-likeness (QED) is 0.356. The zero-order valence-corrected chi connectivity index (χ0v) is 21.9. The molecule has 1 heterocycles. The zero-order valence-electron chi connectivity index (χ0n) is 21.1. The third kappa shape index (κ3) is 5.04. The predicted molar refractivity (Wildman–Crippen MR) is 145 cm³/mol. The van der Waals surface area contributed by atoms with Crippen LogP contribution >= 0.6 is 0 Å². The molecule has 8 heteroatoms. The number of carbonyl (C=O) groups excluding carboxylic acids is 1. The van der Waals surface area contributed by atoms with Crippen LogP contribution in [0.15, 0.2) is 65.6 Å². The maximum atomic E-state index is 13.4. The third-order valence-electron chi connectivity index (χ3n) is 6.29. The maximum absolute atomic E-state index is 13.4. The van der Waals surface area contributed by atoms with Gasteiger partial charge in [0, 0.05) is 12.7 Å². The number of benzene rings is 3. The number of hydrogen-bond acceptors (Lipinski definition) is 5. The van der Waals surface area contributed by atoms with Crippen molar-refractivity contribution in [3.05, 3.63) is 99.7 Å². The van der Waals surface area contributed by atoms with E-state index in [-0.39, 0.29) is 17.7 Å². The number of rotatable bonds is 6. The Balaban J connectivity index is 0.00000380. The van der Waals surface area contributed by atoms with E-state index in [1.807, 2.05) is 52.8 Å². The molecule has 0 atom stereocenters. The normalized spacial score (nSPS) is 11.5. The summed E-state index contributed by atoms with van der Waals surface area (Å²) in [6.45, 7) is 10.4. The Morgan fingerprint density at radius 2 is 1.53 bits per heavy atom. The van der Waals surface area contributed by atoms with E-state index in [0.29, 0.717) is 12.2 Å². The van der Waals surface area contributed by atoms with Gasteiger partial charge in [0.05, 0.1) is 17.1 Å². The molecular formula is C28H32N4O3S. The minimum Gasteiger partial charge on any atom is -0.399 e. The molecule has 7 nitrogen and oxygen atoms in total. The lowest BCUT2D eigenvalue weighted by molar-refractivity contribution is 0.0971. The molecule has 188 valence electrons. The number of sulfonamides is 1. The Hall–Kier alpha value is -3.91. The second kappa shape index (κ2) is 9.62. The summed E-state index contributed by atoms with van der Waals surface area (Å²) < 4.78 is 29.7. The molecule has 1 amide bonds. The van der Waals surface area contributed by atoms with Gasteiger partial charge < -0.3 is 5.73 Å². The zero-order chi connectivity index (χ0) is 26.2. The molecule has 0 fully saturated rings. The Labute approximate surface area is 213 Å². The van der Waals surface area contributed by atoms with Crippen LogP contribution in [0.2, 0.25) is 0 Å². The highest BCUT2D eigenvalue weighted by Gasteiger charge is 2.24. The second-order valence-corrected chi connectivity index (χ2v) is 10.9. The van der Waals surface area contributed by atoms with E-state index < -0.39 is 15.9 Å². The average molecular weight is 505 g/mol. The van der Waals surface area contributed by atoms with E-state index in [2.05, 4.69) is 16.9 Å². The SMILES string of the molecule is Cc1cc(C)c(Cn2nc(-c3c(C)cccc3C)cc2C(=O)NS(=O)(=O)c2cccc(N)c2)c(C)c1.[HH]. The third-order valence-corrected chi connectivity index (χ3v) is 7.62. The fraction of sp³-hybridized carbons (Fsp3) is 0.214. The van der Waals surface area contributed by atoms with Crippen LogP contribution in [-0.2, 0) is 16.6 Å². The van der Waals surface area contributed by atoms with Gasteiger partial charge in [-0.2, -0.15) is 5.10 Å². The molecule has 4 rings (SSSR count). The van der Waals surface area contributed by atoms with Crippen LogP contribution in [-0.4, -0.2) is 24.1 Å². The van der Waals surface area contributed by atoms with Crippen molar-refractivity contribution >= 4 is 21.6 Å². The highest BCUT2D eigenvalue weighted by atomic mass is 32.2. The summed E-state index contributed by atoms with van der Waals surface area (Å²) in [5, 5.41) is 4.78. The Morgan fingerprint density at radius 3 is 2.14 bits per heavy atom. The van der Waals surface area contributed by atoms with E-state index in [4.69, 9.17) is 10.8 Å². The summed E-state index contributed by atoms with van der Waals surface area (Å²) >= 11 is 0. The fourth-order valence-corrected chi connectivity index (χ4v) is 5.60. The first kappa shape index (κ1) is 25.2. The summed E-state index contributed by atoms with van der Waals surface area (Å²) in [4.78, 5) is 13.3. The number of amides is 1. The summed E-state index contributed by atoms with van der Waals surface area (Å²) in [6, 6.07) is 17.6. The van der Waals surface area contributed by atoms with Crippen molar-refractivity contribution in [2.75, 3.05) is 5.73 Å². The molecule has 0 bridgehead atoms. The van der Waals surface area contributed by atoms with Crippen LogP contribution in [0.1, 0.15) is 45.3 Å². The van der Waals surface area contributed by atoms with Crippen LogP contribution in [0.25, 0.3) is 11.3 Å². The number of nitrogens with one attached hydrogen (secondary N) is 1. The van der Waals surface area contributed by atoms with Crippen molar-refractivity contribution < 1.29 is 14.6 Å². The molecule has 3 N–H and O–H groups in total. The van der Waals surface area contributed by atoms with E-state index in [1.54, 1.807) is 16.8 Å². The largest absolute Gasteiger partial charge is 0.399 e. The van der Waals surface area contributed by atoms with Crippen LogP contribution < -0.4 is 10.5 Å². The topological polar surface area (TPSA) is 107 Å². The summed E-state index contributed by atoms with van der Waals surface area (Å²) in [5.74, 6) is -0.759. The van der Waals surface area contributed by atoms with Crippen LogP contribution in [0.4, 0.5) is 5.69 Å². The molecule has 36 heavy (non-hydrogen) atoms. The molecule has 3 aromatic carbocycles. The number of nitrogen functional groups attached to an aromatic ring is 1. The minimum absolute atomic E-state index is 0. The molecule has 0 spiro atoms. The maximum Gasteiger partial charge on any atom is 0.283 e. The van der Waals surface area contributed by atoms with Gasteiger partial charge in [-0.3, -0.25) is 9.48 Å². The minimum atomic E-state index is -4.13. The lowest BCUT2D eigenvalue weighted by Gasteiger charge is -2.14. The van der Waals surface area contributed by atoms with Crippen molar-refractivity contribution in [2.45, 2.75) is 46.1 Å². The first-order valence-electron chi connectivity index (χ1n) is 11.6. The molecule has 4 aromatic rings. The molecule has 0 unspecified atom stereocenters. The van der Waals surface area contributed by atoms with Crippen molar-refractivity contribution in [1.82, 2.24) is 14.5 Å². The molecule has 0 saturated carbocycles. The highest BCUT2D eigenvalue weighted by Crippen LogP contribution is 2.28. The van der Waals surface area contributed by atoms with Crippen molar-refractivity contribution in [1.29, 1.82) is 0 Å².